The van der Waals surface area contributed by atoms with Crippen LogP contribution in [0.3, 0.4) is 0 Å². The van der Waals surface area contributed by atoms with Crippen LogP contribution in [-0.4, -0.2) is 11.0 Å². The topological polar surface area (TPSA) is 24.9 Å². The summed E-state index contributed by atoms with van der Waals surface area (Å²) in [6.45, 7) is 5.11. The maximum absolute atomic E-state index is 6.20. The van der Waals surface area contributed by atoms with Crippen molar-refractivity contribution in [1.82, 2.24) is 10.3 Å². The van der Waals surface area contributed by atoms with Crippen LogP contribution in [-0.2, 0) is 6.54 Å². The number of benzene rings is 1. The fraction of sp³-hybridized carbons (Fsp3) is 0.308. The summed E-state index contributed by atoms with van der Waals surface area (Å²) in [6, 6.07) is 6.29. The van der Waals surface area contributed by atoms with E-state index in [-0.39, 0.29) is 0 Å². The van der Waals surface area contributed by atoms with E-state index in [1.165, 1.54) is 4.88 Å². The summed E-state index contributed by atoms with van der Waals surface area (Å²) in [5.74, 6) is 0. The standard InChI is InChI=1S/C13H14BrClN2S/c1-8(2)16-6-10-7-17-13(18-10)11-5-9(14)3-4-12(11)15/h3-5,7-8,16H,6H2,1-2H3. The van der Waals surface area contributed by atoms with Crippen LogP contribution in [0.25, 0.3) is 10.6 Å². The maximum Gasteiger partial charge on any atom is 0.125 e. The molecule has 5 heteroatoms. The van der Waals surface area contributed by atoms with Crippen molar-refractivity contribution in [3.63, 3.8) is 0 Å². The zero-order valence-electron chi connectivity index (χ0n) is 10.2. The molecule has 2 rings (SSSR count). The van der Waals surface area contributed by atoms with Crippen molar-refractivity contribution in [2.75, 3.05) is 0 Å². The fourth-order valence-electron chi connectivity index (χ4n) is 1.48. The van der Waals surface area contributed by atoms with Gasteiger partial charge < -0.3 is 5.32 Å². The minimum Gasteiger partial charge on any atom is -0.310 e. The zero-order chi connectivity index (χ0) is 13.1. The molecule has 2 aromatic rings. The molecule has 0 amide bonds. The summed E-state index contributed by atoms with van der Waals surface area (Å²) in [5, 5.41) is 5.07. The van der Waals surface area contributed by atoms with Gasteiger partial charge in [0.2, 0.25) is 0 Å². The van der Waals surface area contributed by atoms with Gasteiger partial charge in [-0.3, -0.25) is 0 Å². The van der Waals surface area contributed by atoms with Gasteiger partial charge in [0.25, 0.3) is 0 Å². The SMILES string of the molecule is CC(C)NCc1cnc(-c2cc(Br)ccc2Cl)s1. The first kappa shape index (κ1) is 14.0. The van der Waals surface area contributed by atoms with Crippen LogP contribution in [0.4, 0.5) is 0 Å². The molecule has 0 fully saturated rings. The van der Waals surface area contributed by atoms with Crippen LogP contribution < -0.4 is 5.32 Å². The number of nitrogens with zero attached hydrogens (tertiary/aromatic N) is 1. The van der Waals surface area contributed by atoms with Gasteiger partial charge in [0, 0.05) is 33.7 Å². The zero-order valence-corrected chi connectivity index (χ0v) is 13.4. The second-order valence-corrected chi connectivity index (χ2v) is 6.73. The molecule has 1 heterocycles. The molecule has 0 unspecified atom stereocenters. The summed E-state index contributed by atoms with van der Waals surface area (Å²) in [5.41, 5.74) is 0.979. The highest BCUT2D eigenvalue weighted by Gasteiger charge is 2.09. The minimum atomic E-state index is 0.477. The lowest BCUT2D eigenvalue weighted by Gasteiger charge is -2.04. The molecule has 0 atom stereocenters. The number of hydrogen-bond acceptors (Lipinski definition) is 3. The molecular weight excluding hydrogens is 332 g/mol. The third-order valence-electron chi connectivity index (χ3n) is 2.40. The Hall–Kier alpha value is -0.420. The first-order chi connectivity index (χ1) is 8.56. The largest absolute Gasteiger partial charge is 0.310 e. The fourth-order valence-corrected chi connectivity index (χ4v) is 3.00. The number of halogens is 2. The lowest BCUT2D eigenvalue weighted by molar-refractivity contribution is 0.593. The molecule has 1 aromatic carbocycles. The molecule has 0 aliphatic rings. The Morgan fingerprint density at radius 3 is 2.94 bits per heavy atom. The summed E-state index contributed by atoms with van der Waals surface area (Å²) >= 11 is 11.3. The first-order valence-electron chi connectivity index (χ1n) is 5.70. The Morgan fingerprint density at radius 2 is 2.22 bits per heavy atom. The van der Waals surface area contributed by atoms with E-state index < -0.39 is 0 Å². The molecule has 2 nitrogen and oxygen atoms in total. The molecule has 96 valence electrons. The number of aromatic nitrogens is 1. The molecule has 0 aliphatic heterocycles. The quantitative estimate of drug-likeness (QED) is 0.867. The predicted molar refractivity (Wildman–Crippen MR) is 82.2 cm³/mol. The molecule has 0 spiro atoms. The molecule has 18 heavy (non-hydrogen) atoms. The average Bonchev–Trinajstić information content (AvgIpc) is 2.78. The van der Waals surface area contributed by atoms with Crippen molar-refractivity contribution in [3.05, 3.63) is 38.8 Å². The molecule has 1 aromatic heterocycles. The number of nitrogens with one attached hydrogen (secondary N) is 1. The van der Waals surface area contributed by atoms with E-state index in [1.54, 1.807) is 11.3 Å². The van der Waals surface area contributed by atoms with E-state index in [1.807, 2.05) is 24.4 Å². The van der Waals surface area contributed by atoms with Crippen molar-refractivity contribution in [1.29, 1.82) is 0 Å². The molecule has 0 saturated heterocycles. The van der Waals surface area contributed by atoms with Gasteiger partial charge in [-0.1, -0.05) is 41.4 Å². The second-order valence-electron chi connectivity index (χ2n) is 4.29. The van der Waals surface area contributed by atoms with Gasteiger partial charge in [-0.25, -0.2) is 4.98 Å². The van der Waals surface area contributed by atoms with Gasteiger partial charge in [-0.15, -0.1) is 11.3 Å². The Bertz CT molecular complexity index is 540. The van der Waals surface area contributed by atoms with Crippen LogP contribution in [0, 0.1) is 0 Å². The predicted octanol–water partition coefficient (Wildman–Crippen LogP) is 4.72. The summed E-state index contributed by atoms with van der Waals surface area (Å²) in [7, 11) is 0. The lowest BCUT2D eigenvalue weighted by Crippen LogP contribution is -2.21. The highest BCUT2D eigenvalue weighted by atomic mass is 79.9. The van der Waals surface area contributed by atoms with Crippen molar-refractivity contribution in [3.8, 4) is 10.6 Å². The van der Waals surface area contributed by atoms with E-state index in [2.05, 4.69) is 40.1 Å². The smallest absolute Gasteiger partial charge is 0.125 e. The molecule has 0 saturated carbocycles. The monoisotopic (exact) mass is 344 g/mol. The van der Waals surface area contributed by atoms with Crippen LogP contribution in [0.5, 0.6) is 0 Å². The Kier molecular flexibility index (Phi) is 4.78. The number of hydrogen-bond donors (Lipinski definition) is 1. The van der Waals surface area contributed by atoms with E-state index in [0.29, 0.717) is 6.04 Å². The van der Waals surface area contributed by atoms with E-state index in [0.717, 1.165) is 26.6 Å². The van der Waals surface area contributed by atoms with Gasteiger partial charge in [0.15, 0.2) is 0 Å². The van der Waals surface area contributed by atoms with Crippen LogP contribution in [0.1, 0.15) is 18.7 Å². The molecule has 1 N–H and O–H groups in total. The molecule has 0 bridgehead atoms. The van der Waals surface area contributed by atoms with E-state index in [9.17, 15) is 0 Å². The van der Waals surface area contributed by atoms with Gasteiger partial charge in [0.1, 0.15) is 5.01 Å². The molecular formula is C13H14BrClN2S. The average molecular weight is 346 g/mol. The first-order valence-corrected chi connectivity index (χ1v) is 7.68. The van der Waals surface area contributed by atoms with Crippen molar-refractivity contribution >= 4 is 38.9 Å². The Balaban J connectivity index is 2.21. The van der Waals surface area contributed by atoms with Crippen LogP contribution in [0.2, 0.25) is 5.02 Å². The van der Waals surface area contributed by atoms with Crippen LogP contribution >= 0.6 is 38.9 Å². The Morgan fingerprint density at radius 1 is 1.44 bits per heavy atom. The summed E-state index contributed by atoms with van der Waals surface area (Å²) in [4.78, 5) is 5.66. The van der Waals surface area contributed by atoms with Gasteiger partial charge in [-0.05, 0) is 18.2 Å². The van der Waals surface area contributed by atoms with Crippen LogP contribution in [0.15, 0.2) is 28.9 Å². The summed E-state index contributed by atoms with van der Waals surface area (Å²) < 4.78 is 1.01. The number of rotatable bonds is 4. The third-order valence-corrected chi connectivity index (χ3v) is 4.25. The van der Waals surface area contributed by atoms with Gasteiger partial charge in [-0.2, -0.15) is 0 Å². The highest BCUT2D eigenvalue weighted by Crippen LogP contribution is 2.33. The number of thiazole rings is 1. The van der Waals surface area contributed by atoms with Crippen molar-refractivity contribution in [2.24, 2.45) is 0 Å². The van der Waals surface area contributed by atoms with Crippen molar-refractivity contribution < 1.29 is 0 Å². The van der Waals surface area contributed by atoms with Crippen molar-refractivity contribution in [2.45, 2.75) is 26.4 Å². The lowest BCUT2D eigenvalue weighted by atomic mass is 10.2. The normalized spacial score (nSPS) is 11.2. The minimum absolute atomic E-state index is 0.477. The van der Waals surface area contributed by atoms with E-state index >= 15 is 0 Å². The van der Waals surface area contributed by atoms with E-state index in [4.69, 9.17) is 11.6 Å². The van der Waals surface area contributed by atoms with Gasteiger partial charge >= 0.3 is 0 Å². The Labute approximate surface area is 125 Å². The summed E-state index contributed by atoms with van der Waals surface area (Å²) in [6.07, 6.45) is 1.91. The molecule has 0 aliphatic carbocycles. The third kappa shape index (κ3) is 3.54. The molecule has 0 radical (unpaired) electrons. The second kappa shape index (κ2) is 6.15. The van der Waals surface area contributed by atoms with Gasteiger partial charge in [0.05, 0.1) is 5.02 Å². The highest BCUT2D eigenvalue weighted by molar-refractivity contribution is 9.10. The maximum atomic E-state index is 6.20.